The lowest BCUT2D eigenvalue weighted by molar-refractivity contribution is -0.384. The van der Waals surface area contributed by atoms with Crippen molar-refractivity contribution in [3.63, 3.8) is 0 Å². The van der Waals surface area contributed by atoms with Gasteiger partial charge in [0.15, 0.2) is 5.65 Å². The maximum atomic E-state index is 11.0. The Morgan fingerprint density at radius 2 is 2.24 bits per heavy atom. The van der Waals surface area contributed by atoms with Gasteiger partial charge in [0.1, 0.15) is 5.82 Å². The van der Waals surface area contributed by atoms with E-state index < -0.39 is 4.92 Å². The second-order valence-corrected chi connectivity index (χ2v) is 5.74. The van der Waals surface area contributed by atoms with Crippen molar-refractivity contribution < 1.29 is 4.92 Å². The summed E-state index contributed by atoms with van der Waals surface area (Å²) < 4.78 is 1.91. The average Bonchev–Trinajstić information content (AvgIpc) is 3.01. The molecule has 1 N–H and O–H groups in total. The van der Waals surface area contributed by atoms with E-state index in [2.05, 4.69) is 22.5 Å². The number of imidazole rings is 1. The van der Waals surface area contributed by atoms with E-state index in [1.165, 1.54) is 12.1 Å². The standard InChI is InChI=1S/C18H15N5O2/c24-23(25)15-8-4-7-14(11-15)20-18-17(13-5-2-1-3-6-13)21-16-12-19-9-10-22(16)18/h1-5,7-13,20H,6H2. The van der Waals surface area contributed by atoms with Crippen LogP contribution in [0.2, 0.25) is 0 Å². The number of nitro benzene ring substituents is 1. The van der Waals surface area contributed by atoms with Crippen LogP contribution < -0.4 is 5.32 Å². The summed E-state index contributed by atoms with van der Waals surface area (Å²) >= 11 is 0. The van der Waals surface area contributed by atoms with E-state index in [0.29, 0.717) is 5.69 Å². The van der Waals surface area contributed by atoms with E-state index >= 15 is 0 Å². The molecule has 0 saturated heterocycles. The van der Waals surface area contributed by atoms with Crippen molar-refractivity contribution in [3.8, 4) is 0 Å². The first-order chi connectivity index (χ1) is 12.2. The first-order valence-corrected chi connectivity index (χ1v) is 7.89. The summed E-state index contributed by atoms with van der Waals surface area (Å²) in [5.74, 6) is 0.939. The smallest absolute Gasteiger partial charge is 0.271 e. The predicted molar refractivity (Wildman–Crippen MR) is 95.0 cm³/mol. The normalized spacial score (nSPS) is 16.2. The first kappa shape index (κ1) is 15.1. The number of nitro groups is 1. The van der Waals surface area contributed by atoms with Crippen molar-refractivity contribution in [1.29, 1.82) is 0 Å². The average molecular weight is 333 g/mol. The number of nitrogens with zero attached hydrogens (tertiary/aromatic N) is 4. The lowest BCUT2D eigenvalue weighted by atomic mass is 9.97. The van der Waals surface area contributed by atoms with Crippen LogP contribution in [-0.2, 0) is 0 Å². The molecule has 1 aliphatic carbocycles. The quantitative estimate of drug-likeness (QED) is 0.576. The van der Waals surface area contributed by atoms with Gasteiger partial charge in [0.05, 0.1) is 16.8 Å². The number of hydrogen-bond donors (Lipinski definition) is 1. The summed E-state index contributed by atoms with van der Waals surface area (Å²) in [4.78, 5) is 19.4. The molecule has 0 amide bonds. The van der Waals surface area contributed by atoms with Gasteiger partial charge in [0.25, 0.3) is 5.69 Å². The third kappa shape index (κ3) is 2.87. The molecule has 4 rings (SSSR count). The zero-order valence-corrected chi connectivity index (χ0v) is 13.2. The number of fused-ring (bicyclic) bond motifs is 1. The Labute approximate surface area is 143 Å². The molecular formula is C18H15N5O2. The second-order valence-electron chi connectivity index (χ2n) is 5.74. The third-order valence-corrected chi connectivity index (χ3v) is 4.11. The highest BCUT2D eigenvalue weighted by Crippen LogP contribution is 2.33. The maximum Gasteiger partial charge on any atom is 0.271 e. The summed E-state index contributed by atoms with van der Waals surface area (Å²) in [6.07, 6.45) is 14.3. The predicted octanol–water partition coefficient (Wildman–Crippen LogP) is 3.98. The summed E-state index contributed by atoms with van der Waals surface area (Å²) in [6.45, 7) is 0. The van der Waals surface area contributed by atoms with Gasteiger partial charge in [-0.1, -0.05) is 30.4 Å². The fraction of sp³-hybridized carbons (Fsp3) is 0.111. The molecule has 0 saturated carbocycles. The lowest BCUT2D eigenvalue weighted by Gasteiger charge is -2.14. The van der Waals surface area contributed by atoms with Crippen molar-refractivity contribution in [2.75, 3.05) is 5.32 Å². The van der Waals surface area contributed by atoms with Crippen LogP contribution in [0.25, 0.3) is 5.65 Å². The molecule has 1 unspecified atom stereocenters. The van der Waals surface area contributed by atoms with Gasteiger partial charge in [-0.15, -0.1) is 0 Å². The second kappa shape index (κ2) is 6.20. The van der Waals surface area contributed by atoms with Gasteiger partial charge in [0.2, 0.25) is 0 Å². The van der Waals surface area contributed by atoms with Gasteiger partial charge in [-0.3, -0.25) is 19.5 Å². The molecule has 1 aliphatic rings. The topological polar surface area (TPSA) is 85.4 Å². The highest BCUT2D eigenvalue weighted by atomic mass is 16.6. The number of aromatic nitrogens is 3. The van der Waals surface area contributed by atoms with Crippen molar-refractivity contribution in [2.24, 2.45) is 0 Å². The monoisotopic (exact) mass is 333 g/mol. The fourth-order valence-corrected chi connectivity index (χ4v) is 2.93. The minimum atomic E-state index is -0.404. The van der Waals surface area contributed by atoms with Gasteiger partial charge in [-0.05, 0) is 12.5 Å². The van der Waals surface area contributed by atoms with Gasteiger partial charge < -0.3 is 5.32 Å². The molecule has 2 heterocycles. The van der Waals surface area contributed by atoms with Gasteiger partial charge in [-0.2, -0.15) is 0 Å². The van der Waals surface area contributed by atoms with Gasteiger partial charge in [0, 0.05) is 36.1 Å². The third-order valence-electron chi connectivity index (χ3n) is 4.11. The van der Waals surface area contributed by atoms with E-state index in [-0.39, 0.29) is 11.6 Å². The Kier molecular flexibility index (Phi) is 3.74. The zero-order chi connectivity index (χ0) is 17.2. The minimum absolute atomic E-state index is 0.0440. The number of nitrogens with one attached hydrogen (secondary N) is 1. The molecule has 124 valence electrons. The van der Waals surface area contributed by atoms with Crippen LogP contribution in [0, 0.1) is 10.1 Å². The van der Waals surface area contributed by atoms with Crippen molar-refractivity contribution in [1.82, 2.24) is 14.4 Å². The number of benzene rings is 1. The molecule has 1 atom stereocenters. The Morgan fingerprint density at radius 1 is 1.32 bits per heavy atom. The number of hydrogen-bond acceptors (Lipinski definition) is 5. The Hall–Kier alpha value is -3.48. The van der Waals surface area contributed by atoms with E-state index in [1.807, 2.05) is 22.7 Å². The number of allylic oxidation sites excluding steroid dienone is 4. The molecule has 1 aromatic carbocycles. The molecule has 3 aromatic rings. The molecule has 0 radical (unpaired) electrons. The van der Waals surface area contributed by atoms with E-state index in [1.54, 1.807) is 24.5 Å². The Balaban J connectivity index is 1.79. The maximum absolute atomic E-state index is 11.0. The van der Waals surface area contributed by atoms with Crippen LogP contribution in [0.15, 0.2) is 67.2 Å². The molecule has 0 spiro atoms. The highest BCUT2D eigenvalue weighted by Gasteiger charge is 2.20. The van der Waals surface area contributed by atoms with Crippen LogP contribution in [0.4, 0.5) is 17.2 Å². The summed E-state index contributed by atoms with van der Waals surface area (Å²) in [7, 11) is 0. The Morgan fingerprint density at radius 3 is 3.04 bits per heavy atom. The zero-order valence-electron chi connectivity index (χ0n) is 13.2. The largest absolute Gasteiger partial charge is 0.340 e. The van der Waals surface area contributed by atoms with Crippen LogP contribution in [0.1, 0.15) is 18.0 Å². The van der Waals surface area contributed by atoms with Crippen LogP contribution in [0.5, 0.6) is 0 Å². The van der Waals surface area contributed by atoms with E-state index in [9.17, 15) is 10.1 Å². The molecule has 0 aliphatic heterocycles. The Bertz CT molecular complexity index is 1010. The van der Waals surface area contributed by atoms with E-state index in [0.717, 1.165) is 23.6 Å². The first-order valence-electron chi connectivity index (χ1n) is 7.89. The number of anilines is 2. The SMILES string of the molecule is O=[N+]([O-])c1cccc(Nc2c(C3C=CC=CC3)nc3cnccn23)c1. The van der Waals surface area contributed by atoms with Crippen molar-refractivity contribution in [3.05, 3.63) is 83.0 Å². The molecule has 7 heteroatoms. The van der Waals surface area contributed by atoms with Gasteiger partial charge in [-0.25, -0.2) is 4.98 Å². The van der Waals surface area contributed by atoms with Crippen LogP contribution >= 0.6 is 0 Å². The number of rotatable bonds is 4. The summed E-state index contributed by atoms with van der Waals surface area (Å²) in [5.41, 5.74) is 2.31. The summed E-state index contributed by atoms with van der Waals surface area (Å²) in [6, 6.07) is 6.45. The molecule has 0 bridgehead atoms. The summed E-state index contributed by atoms with van der Waals surface area (Å²) in [5, 5.41) is 14.3. The fourth-order valence-electron chi connectivity index (χ4n) is 2.93. The van der Waals surface area contributed by atoms with Crippen LogP contribution in [0.3, 0.4) is 0 Å². The molecule has 25 heavy (non-hydrogen) atoms. The molecular weight excluding hydrogens is 318 g/mol. The van der Waals surface area contributed by atoms with Crippen molar-refractivity contribution >= 4 is 22.8 Å². The van der Waals surface area contributed by atoms with Gasteiger partial charge >= 0.3 is 0 Å². The molecule has 7 nitrogen and oxygen atoms in total. The molecule has 0 fully saturated rings. The van der Waals surface area contributed by atoms with Crippen LogP contribution in [-0.4, -0.2) is 19.3 Å². The minimum Gasteiger partial charge on any atom is -0.340 e. The number of non-ortho nitro benzene ring substituents is 1. The lowest BCUT2D eigenvalue weighted by Crippen LogP contribution is -2.03. The molecule has 2 aromatic heterocycles. The van der Waals surface area contributed by atoms with E-state index in [4.69, 9.17) is 4.98 Å². The highest BCUT2D eigenvalue weighted by molar-refractivity contribution is 5.66. The van der Waals surface area contributed by atoms with Crippen molar-refractivity contribution in [2.45, 2.75) is 12.3 Å².